The fraction of sp³-hybridized carbons (Fsp3) is 0.500. The van der Waals surface area contributed by atoms with E-state index in [-0.39, 0.29) is 36.5 Å². The largest absolute Gasteiger partial charge is 0.465 e. The quantitative estimate of drug-likeness (QED) is 0.786. The number of pyridine rings is 1. The zero-order valence-corrected chi connectivity index (χ0v) is 11.1. The number of carbonyl (C=O) groups is 1. The lowest BCUT2D eigenvalue weighted by atomic mass is 10.1. The zero-order chi connectivity index (χ0) is 14.0. The van der Waals surface area contributed by atoms with Gasteiger partial charge in [-0.2, -0.15) is 0 Å². The van der Waals surface area contributed by atoms with Crippen molar-refractivity contribution in [3.8, 4) is 0 Å². The van der Waals surface area contributed by atoms with Gasteiger partial charge in [0.1, 0.15) is 5.82 Å². The Morgan fingerprint density at radius 3 is 2.63 bits per heavy atom. The molecule has 0 saturated carbocycles. The Hall–Kier alpha value is -1.43. The van der Waals surface area contributed by atoms with Crippen molar-refractivity contribution in [1.82, 2.24) is 4.98 Å². The Balaban J connectivity index is 2.16. The van der Waals surface area contributed by atoms with Gasteiger partial charge in [-0.1, -0.05) is 11.6 Å². The summed E-state index contributed by atoms with van der Waals surface area (Å²) in [4.78, 5) is 17.1. The first-order valence-electron chi connectivity index (χ1n) is 5.79. The van der Waals surface area contributed by atoms with E-state index in [0.717, 1.165) is 0 Å². The highest BCUT2D eigenvalue weighted by molar-refractivity contribution is 6.33. The van der Waals surface area contributed by atoms with Gasteiger partial charge >= 0.3 is 5.97 Å². The molecule has 104 valence electrons. The number of hydrogen-bond donors (Lipinski definition) is 0. The van der Waals surface area contributed by atoms with Gasteiger partial charge in [0.2, 0.25) is 0 Å². The molecule has 2 heterocycles. The van der Waals surface area contributed by atoms with Crippen LogP contribution in [0.25, 0.3) is 0 Å². The molecule has 0 radical (unpaired) electrons. The molecule has 0 bridgehead atoms. The molecule has 1 aromatic heterocycles. The highest BCUT2D eigenvalue weighted by Gasteiger charge is 2.34. The molecule has 2 rings (SSSR count). The summed E-state index contributed by atoms with van der Waals surface area (Å²) >= 11 is 6.04. The fourth-order valence-electron chi connectivity index (χ4n) is 1.94. The number of alkyl halides is 2. The monoisotopic (exact) mass is 290 g/mol. The van der Waals surface area contributed by atoms with Crippen LogP contribution >= 0.6 is 11.6 Å². The number of esters is 1. The van der Waals surface area contributed by atoms with Crippen LogP contribution < -0.4 is 4.90 Å². The maximum absolute atomic E-state index is 13.1. The van der Waals surface area contributed by atoms with Crippen LogP contribution in [0.2, 0.25) is 5.02 Å². The Morgan fingerprint density at radius 2 is 2.11 bits per heavy atom. The van der Waals surface area contributed by atoms with E-state index >= 15 is 0 Å². The van der Waals surface area contributed by atoms with E-state index in [2.05, 4.69) is 9.72 Å². The summed E-state index contributed by atoms with van der Waals surface area (Å²) in [5, 5.41) is 0.258. The van der Waals surface area contributed by atoms with E-state index < -0.39 is 11.9 Å². The minimum Gasteiger partial charge on any atom is -0.465 e. The smallest absolute Gasteiger partial charge is 0.339 e. The van der Waals surface area contributed by atoms with Crippen LogP contribution in [0.3, 0.4) is 0 Å². The lowest BCUT2D eigenvalue weighted by Crippen LogP contribution is -2.39. The highest BCUT2D eigenvalue weighted by Crippen LogP contribution is 2.32. The van der Waals surface area contributed by atoms with Crippen LogP contribution in [0, 0.1) is 0 Å². The third kappa shape index (κ3) is 3.12. The van der Waals surface area contributed by atoms with Gasteiger partial charge in [-0.25, -0.2) is 18.6 Å². The summed E-state index contributed by atoms with van der Waals surface area (Å²) in [5.74, 6) is -2.73. The maximum Gasteiger partial charge on any atom is 0.339 e. The molecule has 1 saturated heterocycles. The van der Waals surface area contributed by atoms with Crippen LogP contribution in [0.15, 0.2) is 12.3 Å². The number of halogens is 3. The Kier molecular flexibility index (Phi) is 3.89. The van der Waals surface area contributed by atoms with Crippen LogP contribution in [0.4, 0.5) is 14.6 Å². The number of ether oxygens (including phenoxy) is 1. The predicted octanol–water partition coefficient (Wildman–Crippen LogP) is 2.76. The molecule has 1 fully saturated rings. The summed E-state index contributed by atoms with van der Waals surface area (Å²) in [6.07, 6.45) is 0.896. The van der Waals surface area contributed by atoms with Gasteiger partial charge in [0.25, 0.3) is 5.92 Å². The highest BCUT2D eigenvalue weighted by atomic mass is 35.5. The zero-order valence-electron chi connectivity index (χ0n) is 10.3. The minimum absolute atomic E-state index is 0.192. The summed E-state index contributed by atoms with van der Waals surface area (Å²) in [6.45, 7) is 0.384. The number of aromatic nitrogens is 1. The second-order valence-electron chi connectivity index (χ2n) is 4.36. The molecule has 0 N–H and O–H groups in total. The van der Waals surface area contributed by atoms with Gasteiger partial charge in [0.15, 0.2) is 0 Å². The molecule has 0 aromatic carbocycles. The predicted molar refractivity (Wildman–Crippen MR) is 67.0 cm³/mol. The van der Waals surface area contributed by atoms with Crippen molar-refractivity contribution in [2.75, 3.05) is 25.1 Å². The lowest BCUT2D eigenvalue weighted by molar-refractivity contribution is -0.0221. The number of carbonyl (C=O) groups excluding carboxylic acids is 1. The first-order chi connectivity index (χ1) is 8.93. The molecule has 1 aromatic rings. The van der Waals surface area contributed by atoms with Gasteiger partial charge in [-0.05, 0) is 6.07 Å². The third-order valence-electron chi connectivity index (χ3n) is 3.04. The molecular weight excluding hydrogens is 278 g/mol. The standard InChI is InChI=1S/C12H13ClF2N2O2/c1-19-11(18)8-6-9(13)10(16-7-8)17-4-2-12(14,15)3-5-17/h6-7H,2-5H2,1H3. The molecule has 19 heavy (non-hydrogen) atoms. The van der Waals surface area contributed by atoms with Gasteiger partial charge < -0.3 is 9.64 Å². The fourth-order valence-corrected chi connectivity index (χ4v) is 2.22. The molecular formula is C12H13ClF2N2O2. The molecule has 0 unspecified atom stereocenters. The summed E-state index contributed by atoms with van der Waals surface area (Å²) < 4.78 is 30.7. The molecule has 4 nitrogen and oxygen atoms in total. The topological polar surface area (TPSA) is 42.4 Å². The second-order valence-corrected chi connectivity index (χ2v) is 4.77. The number of rotatable bonds is 2. The number of hydrogen-bond acceptors (Lipinski definition) is 4. The number of anilines is 1. The van der Waals surface area contributed by atoms with Gasteiger partial charge in [0, 0.05) is 32.1 Å². The van der Waals surface area contributed by atoms with E-state index in [0.29, 0.717) is 5.82 Å². The number of methoxy groups -OCH3 is 1. The molecule has 0 spiro atoms. The van der Waals surface area contributed by atoms with E-state index in [4.69, 9.17) is 11.6 Å². The molecule has 0 aliphatic carbocycles. The summed E-state index contributed by atoms with van der Waals surface area (Å²) in [7, 11) is 1.26. The van der Waals surface area contributed by atoms with Gasteiger partial charge in [0.05, 0.1) is 17.7 Å². The summed E-state index contributed by atoms with van der Waals surface area (Å²) in [5.41, 5.74) is 0.235. The van der Waals surface area contributed by atoms with E-state index in [9.17, 15) is 13.6 Å². The van der Waals surface area contributed by atoms with Crippen molar-refractivity contribution < 1.29 is 18.3 Å². The lowest BCUT2D eigenvalue weighted by Gasteiger charge is -2.32. The first kappa shape index (κ1) is 14.0. The van der Waals surface area contributed by atoms with Crippen molar-refractivity contribution in [3.63, 3.8) is 0 Å². The van der Waals surface area contributed by atoms with Crippen LogP contribution in [-0.4, -0.2) is 37.1 Å². The van der Waals surface area contributed by atoms with Crippen LogP contribution in [0.1, 0.15) is 23.2 Å². The van der Waals surface area contributed by atoms with Crippen LogP contribution in [0.5, 0.6) is 0 Å². The average molecular weight is 291 g/mol. The Morgan fingerprint density at radius 1 is 1.47 bits per heavy atom. The maximum atomic E-state index is 13.1. The molecule has 1 aliphatic heterocycles. The Bertz CT molecular complexity index is 487. The van der Waals surface area contributed by atoms with Crippen molar-refractivity contribution in [3.05, 3.63) is 22.8 Å². The average Bonchev–Trinajstić information content (AvgIpc) is 2.38. The van der Waals surface area contributed by atoms with Gasteiger partial charge in [-0.15, -0.1) is 0 Å². The number of piperidine rings is 1. The van der Waals surface area contributed by atoms with Crippen LogP contribution in [-0.2, 0) is 4.74 Å². The van der Waals surface area contributed by atoms with E-state index in [1.807, 2.05) is 0 Å². The minimum atomic E-state index is -2.62. The molecule has 0 amide bonds. The summed E-state index contributed by atoms with van der Waals surface area (Å²) in [6, 6.07) is 1.43. The molecule has 0 atom stereocenters. The van der Waals surface area contributed by atoms with E-state index in [1.165, 1.54) is 19.4 Å². The number of nitrogens with zero attached hydrogens (tertiary/aromatic N) is 2. The van der Waals surface area contributed by atoms with Crippen molar-refractivity contribution >= 4 is 23.4 Å². The van der Waals surface area contributed by atoms with Gasteiger partial charge in [-0.3, -0.25) is 0 Å². The van der Waals surface area contributed by atoms with Crippen molar-refractivity contribution in [2.24, 2.45) is 0 Å². The van der Waals surface area contributed by atoms with Crippen molar-refractivity contribution in [1.29, 1.82) is 0 Å². The Labute approximate surface area is 114 Å². The molecule has 1 aliphatic rings. The first-order valence-corrected chi connectivity index (χ1v) is 6.17. The third-order valence-corrected chi connectivity index (χ3v) is 3.32. The molecule has 7 heteroatoms. The normalized spacial score (nSPS) is 18.2. The second kappa shape index (κ2) is 5.28. The van der Waals surface area contributed by atoms with Crippen molar-refractivity contribution in [2.45, 2.75) is 18.8 Å². The van der Waals surface area contributed by atoms with E-state index in [1.54, 1.807) is 4.90 Å². The SMILES string of the molecule is COC(=O)c1cnc(N2CCC(F)(F)CC2)c(Cl)c1.